The van der Waals surface area contributed by atoms with Crippen LogP contribution in [-0.4, -0.2) is 29.1 Å². The number of hydrogen-bond donors (Lipinski definition) is 1. The van der Waals surface area contributed by atoms with Gasteiger partial charge in [-0.3, -0.25) is 9.69 Å². The van der Waals surface area contributed by atoms with Crippen molar-refractivity contribution in [3.05, 3.63) is 35.9 Å². The number of carboxylic acid groups (broad SMARTS) is 1. The van der Waals surface area contributed by atoms with Crippen LogP contribution in [0.15, 0.2) is 30.3 Å². The zero-order valence-corrected chi connectivity index (χ0v) is 8.26. The van der Waals surface area contributed by atoms with Crippen LogP contribution in [0, 0.1) is 11.3 Å². The van der Waals surface area contributed by atoms with Gasteiger partial charge in [0.1, 0.15) is 0 Å². The van der Waals surface area contributed by atoms with E-state index < -0.39 is 5.97 Å². The van der Waals surface area contributed by atoms with E-state index in [9.17, 15) is 4.79 Å². The fraction of sp³-hybridized carbons (Fsp3) is 0.273. The first-order valence-corrected chi connectivity index (χ1v) is 4.57. The van der Waals surface area contributed by atoms with Gasteiger partial charge in [0.2, 0.25) is 0 Å². The minimum atomic E-state index is -0.916. The van der Waals surface area contributed by atoms with Crippen molar-refractivity contribution in [1.82, 2.24) is 4.90 Å². The highest BCUT2D eigenvalue weighted by molar-refractivity contribution is 5.69. The van der Waals surface area contributed by atoms with E-state index in [-0.39, 0.29) is 13.1 Å². The second kappa shape index (κ2) is 5.78. The van der Waals surface area contributed by atoms with E-state index in [4.69, 9.17) is 10.4 Å². The molecule has 0 heterocycles. The maximum absolute atomic E-state index is 10.5. The van der Waals surface area contributed by atoms with E-state index >= 15 is 0 Å². The maximum Gasteiger partial charge on any atom is 0.317 e. The Morgan fingerprint density at radius 3 is 2.60 bits per heavy atom. The average Bonchev–Trinajstić information content (AvgIpc) is 2.18. The number of carbonyl (C=O) groups is 1. The van der Waals surface area contributed by atoms with E-state index in [1.807, 2.05) is 36.4 Å². The van der Waals surface area contributed by atoms with Gasteiger partial charge in [0.15, 0.2) is 0 Å². The molecule has 1 rings (SSSR count). The van der Waals surface area contributed by atoms with E-state index in [1.54, 1.807) is 4.90 Å². The molecule has 0 fully saturated rings. The van der Waals surface area contributed by atoms with Crippen LogP contribution in [0.1, 0.15) is 5.56 Å². The third-order valence-corrected chi connectivity index (χ3v) is 1.90. The molecular formula is C11H12N2O2. The Labute approximate surface area is 88.4 Å². The lowest BCUT2D eigenvalue weighted by Gasteiger charge is -2.16. The van der Waals surface area contributed by atoms with Gasteiger partial charge in [-0.05, 0) is 5.56 Å². The van der Waals surface area contributed by atoms with Crippen molar-refractivity contribution in [3.8, 4) is 6.07 Å². The molecular weight excluding hydrogens is 192 g/mol. The fourth-order valence-corrected chi connectivity index (χ4v) is 1.30. The van der Waals surface area contributed by atoms with Crippen LogP contribution in [-0.2, 0) is 11.3 Å². The van der Waals surface area contributed by atoms with Gasteiger partial charge in [0, 0.05) is 6.54 Å². The Bertz CT molecular complexity index is 357. The van der Waals surface area contributed by atoms with Crippen molar-refractivity contribution in [2.24, 2.45) is 0 Å². The summed E-state index contributed by atoms with van der Waals surface area (Å²) in [6, 6.07) is 11.5. The highest BCUT2D eigenvalue weighted by atomic mass is 16.4. The van der Waals surface area contributed by atoms with Crippen LogP contribution >= 0.6 is 0 Å². The molecule has 0 spiro atoms. The zero-order chi connectivity index (χ0) is 11.1. The van der Waals surface area contributed by atoms with Crippen LogP contribution in [0.3, 0.4) is 0 Å². The van der Waals surface area contributed by atoms with Crippen molar-refractivity contribution in [3.63, 3.8) is 0 Å². The number of nitrogens with zero attached hydrogens (tertiary/aromatic N) is 2. The predicted octanol–water partition coefficient (Wildman–Crippen LogP) is 1.10. The second-order valence-electron chi connectivity index (χ2n) is 3.18. The summed E-state index contributed by atoms with van der Waals surface area (Å²) >= 11 is 0. The molecule has 1 aromatic carbocycles. The molecule has 1 N–H and O–H groups in total. The first-order valence-electron chi connectivity index (χ1n) is 4.57. The van der Waals surface area contributed by atoms with E-state index in [0.29, 0.717) is 6.54 Å². The number of rotatable bonds is 5. The third-order valence-electron chi connectivity index (χ3n) is 1.90. The monoisotopic (exact) mass is 204 g/mol. The van der Waals surface area contributed by atoms with Crippen LogP contribution in [0.4, 0.5) is 0 Å². The van der Waals surface area contributed by atoms with Crippen LogP contribution in [0.5, 0.6) is 0 Å². The first kappa shape index (κ1) is 11.2. The topological polar surface area (TPSA) is 64.3 Å². The standard InChI is InChI=1S/C11H12N2O2/c12-6-7-13(9-11(14)15)8-10-4-2-1-3-5-10/h1-5H,7-9H2,(H,14,15). The Balaban J connectivity index is 2.59. The number of carboxylic acids is 1. The Morgan fingerprint density at radius 2 is 2.07 bits per heavy atom. The van der Waals surface area contributed by atoms with Crippen molar-refractivity contribution >= 4 is 5.97 Å². The van der Waals surface area contributed by atoms with E-state index in [1.165, 1.54) is 0 Å². The molecule has 0 bridgehead atoms. The van der Waals surface area contributed by atoms with Crippen molar-refractivity contribution in [2.45, 2.75) is 6.54 Å². The molecule has 0 atom stereocenters. The summed E-state index contributed by atoms with van der Waals surface area (Å²) in [5, 5.41) is 17.2. The second-order valence-corrected chi connectivity index (χ2v) is 3.18. The van der Waals surface area contributed by atoms with E-state index in [0.717, 1.165) is 5.56 Å². The highest BCUT2D eigenvalue weighted by Crippen LogP contribution is 2.03. The lowest BCUT2D eigenvalue weighted by molar-refractivity contribution is -0.138. The highest BCUT2D eigenvalue weighted by Gasteiger charge is 2.09. The van der Waals surface area contributed by atoms with Gasteiger partial charge >= 0.3 is 5.97 Å². The first-order chi connectivity index (χ1) is 7.22. The zero-order valence-electron chi connectivity index (χ0n) is 8.26. The lowest BCUT2D eigenvalue weighted by atomic mass is 10.2. The summed E-state index contributed by atoms with van der Waals surface area (Å²) < 4.78 is 0. The van der Waals surface area contributed by atoms with Gasteiger partial charge < -0.3 is 5.11 Å². The Kier molecular flexibility index (Phi) is 4.32. The molecule has 0 radical (unpaired) electrons. The fourth-order valence-electron chi connectivity index (χ4n) is 1.30. The van der Waals surface area contributed by atoms with Gasteiger partial charge in [-0.2, -0.15) is 5.26 Å². The summed E-state index contributed by atoms with van der Waals surface area (Å²) in [4.78, 5) is 12.1. The van der Waals surface area contributed by atoms with E-state index in [2.05, 4.69) is 0 Å². The molecule has 0 saturated heterocycles. The molecule has 0 aliphatic carbocycles. The molecule has 78 valence electrons. The van der Waals surface area contributed by atoms with Crippen LogP contribution in [0.2, 0.25) is 0 Å². The van der Waals surface area contributed by atoms with Gasteiger partial charge in [0.25, 0.3) is 0 Å². The summed E-state index contributed by atoms with van der Waals surface area (Å²) in [6.07, 6.45) is 0. The maximum atomic E-state index is 10.5. The van der Waals surface area contributed by atoms with Gasteiger partial charge in [-0.15, -0.1) is 0 Å². The number of hydrogen-bond acceptors (Lipinski definition) is 3. The average molecular weight is 204 g/mol. The Hall–Kier alpha value is -1.86. The quantitative estimate of drug-likeness (QED) is 0.729. The smallest absolute Gasteiger partial charge is 0.317 e. The molecule has 0 aromatic heterocycles. The number of aliphatic carboxylic acids is 1. The van der Waals surface area contributed by atoms with Gasteiger partial charge in [0.05, 0.1) is 19.2 Å². The number of benzene rings is 1. The summed E-state index contributed by atoms with van der Waals surface area (Å²) in [7, 11) is 0. The number of nitriles is 1. The lowest BCUT2D eigenvalue weighted by Crippen LogP contribution is -2.29. The van der Waals surface area contributed by atoms with Crippen LogP contribution < -0.4 is 0 Å². The summed E-state index contributed by atoms with van der Waals surface area (Å²) in [5.74, 6) is -0.916. The molecule has 0 saturated carbocycles. The molecule has 0 aliphatic rings. The van der Waals surface area contributed by atoms with Crippen molar-refractivity contribution in [2.75, 3.05) is 13.1 Å². The van der Waals surface area contributed by atoms with Crippen molar-refractivity contribution < 1.29 is 9.90 Å². The summed E-state index contributed by atoms with van der Waals surface area (Å²) in [5.41, 5.74) is 1.01. The molecule has 0 unspecified atom stereocenters. The molecule has 4 heteroatoms. The molecule has 15 heavy (non-hydrogen) atoms. The minimum absolute atomic E-state index is 0.109. The SMILES string of the molecule is N#CCN(CC(=O)O)Cc1ccccc1. The Morgan fingerprint density at radius 1 is 1.40 bits per heavy atom. The normalized spacial score (nSPS) is 9.87. The minimum Gasteiger partial charge on any atom is -0.480 e. The summed E-state index contributed by atoms with van der Waals surface area (Å²) in [6.45, 7) is 0.504. The van der Waals surface area contributed by atoms with Crippen LogP contribution in [0.25, 0.3) is 0 Å². The van der Waals surface area contributed by atoms with Gasteiger partial charge in [-0.1, -0.05) is 30.3 Å². The van der Waals surface area contributed by atoms with Gasteiger partial charge in [-0.25, -0.2) is 0 Å². The molecule has 4 nitrogen and oxygen atoms in total. The van der Waals surface area contributed by atoms with Crippen molar-refractivity contribution in [1.29, 1.82) is 5.26 Å². The molecule has 0 aliphatic heterocycles. The predicted molar refractivity (Wildman–Crippen MR) is 55.0 cm³/mol. The third kappa shape index (κ3) is 4.25. The molecule has 1 aromatic rings. The largest absolute Gasteiger partial charge is 0.480 e. The molecule has 0 amide bonds.